The number of pyridine rings is 1. The quantitative estimate of drug-likeness (QED) is 0.249. The van der Waals surface area contributed by atoms with Crippen LogP contribution in [0.5, 0.6) is 5.75 Å². The number of benzene rings is 2. The van der Waals surface area contributed by atoms with Gasteiger partial charge in [-0.2, -0.15) is 13.2 Å². The van der Waals surface area contributed by atoms with Gasteiger partial charge in [0.25, 0.3) is 0 Å². The lowest BCUT2D eigenvalue weighted by molar-refractivity contribution is -0.138. The van der Waals surface area contributed by atoms with E-state index in [4.69, 9.17) is 11.6 Å². The van der Waals surface area contributed by atoms with E-state index in [0.29, 0.717) is 56.1 Å². The van der Waals surface area contributed by atoms with Crippen molar-refractivity contribution in [1.29, 1.82) is 0 Å². The Kier molecular flexibility index (Phi) is 9.42. The van der Waals surface area contributed by atoms with Crippen molar-refractivity contribution >= 4 is 45.5 Å². The van der Waals surface area contributed by atoms with Crippen LogP contribution in [0.1, 0.15) is 55.7 Å². The number of nitrogens with zero attached hydrogens (tertiary/aromatic N) is 5. The van der Waals surface area contributed by atoms with Crippen LogP contribution in [0, 0.1) is 0 Å². The average Bonchev–Trinajstić information content (AvgIpc) is 3.77. The summed E-state index contributed by atoms with van der Waals surface area (Å²) in [5.74, 6) is -1.46. The molecule has 2 aromatic carbocycles. The molecular weight excluding hydrogens is 675 g/mol. The monoisotopic (exact) mass is 713 g/mol. The minimum absolute atomic E-state index is 0.0595. The van der Waals surface area contributed by atoms with Gasteiger partial charge in [0.2, 0.25) is 5.91 Å². The number of aromatic nitrogens is 3. The highest BCUT2D eigenvalue weighted by molar-refractivity contribution is 6.32. The molecule has 4 aromatic rings. The predicted molar refractivity (Wildman–Crippen MR) is 182 cm³/mol. The van der Waals surface area contributed by atoms with Crippen molar-refractivity contribution in [3.05, 3.63) is 69.2 Å². The fourth-order valence-corrected chi connectivity index (χ4v) is 8.10. The standard InChI is InChI=1S/C35H39ClF3N7O4/c36-26-18-21(17-25(31(26)47)35(37,38)39)19-28(32(48)44-13-7-22(8-14-44)43-11-3-4-12-43)41-33(49)45-15-9-23(10-16-45)46-29-20-40-27-6-2-1-5-24(27)30(29)42-34(46)50/h1-2,5-6,17-18,20,22-23,28,47H,3-4,7-16,19H2,(H,41,49)(H,42,50)/t28-/m1/s1. The first-order chi connectivity index (χ1) is 24.0. The largest absolute Gasteiger partial charge is 0.506 e. The maximum Gasteiger partial charge on any atom is 0.420 e. The van der Waals surface area contributed by atoms with Crippen molar-refractivity contribution in [2.45, 2.75) is 69.2 Å². The molecule has 3 aliphatic heterocycles. The molecule has 3 aliphatic rings. The molecule has 15 heteroatoms. The van der Waals surface area contributed by atoms with Gasteiger partial charge in [-0.1, -0.05) is 29.8 Å². The summed E-state index contributed by atoms with van der Waals surface area (Å²) in [6.45, 7) is 3.63. The zero-order chi connectivity index (χ0) is 35.2. The number of aromatic amines is 1. The average molecular weight is 714 g/mol. The van der Waals surface area contributed by atoms with Crippen LogP contribution in [0.4, 0.5) is 18.0 Å². The first-order valence-electron chi connectivity index (χ1n) is 17.1. The first-order valence-corrected chi connectivity index (χ1v) is 17.5. The maximum absolute atomic E-state index is 14.0. The predicted octanol–water partition coefficient (Wildman–Crippen LogP) is 5.30. The van der Waals surface area contributed by atoms with Gasteiger partial charge in [0.05, 0.1) is 33.3 Å². The molecule has 3 saturated heterocycles. The van der Waals surface area contributed by atoms with E-state index in [1.165, 1.54) is 6.07 Å². The highest BCUT2D eigenvalue weighted by atomic mass is 35.5. The SMILES string of the molecule is O=C(N[C@H](Cc1cc(Cl)c(O)c(C(F)(F)F)c1)C(=O)N1CCC(N2CCCC2)CC1)N1CCC(n2c(=O)[nH]c3c4ccccc4ncc32)CC1. The second kappa shape index (κ2) is 13.8. The summed E-state index contributed by atoms with van der Waals surface area (Å²) in [4.78, 5) is 53.9. The van der Waals surface area contributed by atoms with Crippen LogP contribution < -0.4 is 11.0 Å². The van der Waals surface area contributed by atoms with Crippen molar-refractivity contribution < 1.29 is 27.9 Å². The van der Waals surface area contributed by atoms with E-state index in [2.05, 4.69) is 20.2 Å². The fourth-order valence-electron chi connectivity index (χ4n) is 7.85. The number of nitrogens with one attached hydrogen (secondary N) is 2. The summed E-state index contributed by atoms with van der Waals surface area (Å²) in [7, 11) is 0. The minimum atomic E-state index is -4.87. The van der Waals surface area contributed by atoms with Gasteiger partial charge in [-0.25, -0.2) is 9.59 Å². The van der Waals surface area contributed by atoms with Gasteiger partial charge in [0, 0.05) is 50.1 Å². The van der Waals surface area contributed by atoms with Crippen LogP contribution in [-0.2, 0) is 17.4 Å². The number of imidazole rings is 1. The number of carbonyl (C=O) groups is 2. The Morgan fingerprint density at radius 3 is 2.34 bits per heavy atom. The number of para-hydroxylation sites is 1. The maximum atomic E-state index is 14.0. The number of halogens is 4. The Labute approximate surface area is 291 Å². The number of fused-ring (bicyclic) bond motifs is 3. The van der Waals surface area contributed by atoms with E-state index in [9.17, 15) is 32.7 Å². The molecule has 3 fully saturated rings. The second-order valence-electron chi connectivity index (χ2n) is 13.5. The first kappa shape index (κ1) is 34.2. The summed E-state index contributed by atoms with van der Waals surface area (Å²) in [5.41, 5.74) is 0.650. The van der Waals surface area contributed by atoms with E-state index in [-0.39, 0.29) is 29.6 Å². The van der Waals surface area contributed by atoms with Crippen LogP contribution in [0.25, 0.3) is 21.9 Å². The molecule has 0 bridgehead atoms. The molecule has 5 heterocycles. The molecule has 0 radical (unpaired) electrons. The Bertz CT molecular complexity index is 1960. The van der Waals surface area contributed by atoms with Crippen LogP contribution in [0.15, 0.2) is 47.4 Å². The lowest BCUT2D eigenvalue weighted by Gasteiger charge is -2.38. The highest BCUT2D eigenvalue weighted by Gasteiger charge is 2.37. The van der Waals surface area contributed by atoms with Crippen molar-refractivity contribution in [3.63, 3.8) is 0 Å². The van der Waals surface area contributed by atoms with Crippen LogP contribution in [0.3, 0.4) is 0 Å². The summed E-state index contributed by atoms with van der Waals surface area (Å²) in [6.07, 6.45) is 1.38. The summed E-state index contributed by atoms with van der Waals surface area (Å²) >= 11 is 6.00. The molecular formula is C35H39ClF3N7O4. The van der Waals surface area contributed by atoms with E-state index in [1.54, 1.807) is 20.6 Å². The van der Waals surface area contributed by atoms with E-state index < -0.39 is 34.6 Å². The number of aromatic hydroxyl groups is 1. The van der Waals surface area contributed by atoms with Crippen molar-refractivity contribution in [2.24, 2.45) is 0 Å². The number of phenolic OH excluding ortho intramolecular Hbond substituents is 1. The molecule has 1 atom stereocenters. The third kappa shape index (κ3) is 6.74. The van der Waals surface area contributed by atoms with Gasteiger partial charge in [-0.05, 0) is 75.4 Å². The number of piperidine rings is 2. The zero-order valence-corrected chi connectivity index (χ0v) is 28.1. The van der Waals surface area contributed by atoms with Gasteiger partial charge in [-0.15, -0.1) is 0 Å². The number of phenols is 1. The Morgan fingerprint density at radius 1 is 0.980 bits per heavy atom. The zero-order valence-electron chi connectivity index (χ0n) is 27.4. The lowest BCUT2D eigenvalue weighted by Crippen LogP contribution is -2.56. The van der Waals surface area contributed by atoms with Gasteiger partial charge in [-0.3, -0.25) is 14.3 Å². The third-order valence-corrected chi connectivity index (χ3v) is 10.8. The molecule has 3 amide bonds. The second-order valence-corrected chi connectivity index (χ2v) is 13.9. The topological polar surface area (TPSA) is 127 Å². The number of carbonyl (C=O) groups excluding carboxylic acids is 2. The minimum Gasteiger partial charge on any atom is -0.506 e. The molecule has 0 saturated carbocycles. The third-order valence-electron chi connectivity index (χ3n) is 10.5. The number of likely N-dealkylation sites (tertiary alicyclic amines) is 3. The number of hydrogen-bond acceptors (Lipinski definition) is 6. The molecule has 7 rings (SSSR count). The fraction of sp³-hybridized carbons (Fsp3) is 0.486. The molecule has 3 N–H and O–H groups in total. The van der Waals surface area contributed by atoms with Gasteiger partial charge in [0.1, 0.15) is 11.8 Å². The molecule has 11 nitrogen and oxygen atoms in total. The normalized spacial score (nSPS) is 19.0. The van der Waals surface area contributed by atoms with E-state index >= 15 is 0 Å². The molecule has 0 aliphatic carbocycles. The number of urea groups is 1. The number of rotatable bonds is 6. The highest BCUT2D eigenvalue weighted by Crippen LogP contribution is 2.40. The number of H-pyrrole nitrogens is 1. The molecule has 50 heavy (non-hydrogen) atoms. The Morgan fingerprint density at radius 2 is 1.64 bits per heavy atom. The molecule has 0 unspecified atom stereocenters. The number of hydrogen-bond donors (Lipinski definition) is 3. The Balaban J connectivity index is 1.07. The van der Waals surface area contributed by atoms with Crippen LogP contribution >= 0.6 is 11.6 Å². The van der Waals surface area contributed by atoms with E-state index in [0.717, 1.165) is 55.7 Å². The molecule has 266 valence electrons. The summed E-state index contributed by atoms with van der Waals surface area (Å²) < 4.78 is 42.9. The smallest absolute Gasteiger partial charge is 0.420 e. The van der Waals surface area contributed by atoms with Gasteiger partial charge >= 0.3 is 17.9 Å². The number of amides is 3. The summed E-state index contributed by atoms with van der Waals surface area (Å²) in [5, 5.41) is 13.2. The van der Waals surface area contributed by atoms with Crippen LogP contribution in [-0.4, -0.2) is 97.6 Å². The van der Waals surface area contributed by atoms with Crippen molar-refractivity contribution in [3.8, 4) is 5.75 Å². The van der Waals surface area contributed by atoms with Gasteiger partial charge in [0.15, 0.2) is 0 Å². The van der Waals surface area contributed by atoms with Crippen molar-refractivity contribution in [2.75, 3.05) is 39.3 Å². The van der Waals surface area contributed by atoms with E-state index in [1.807, 2.05) is 24.3 Å². The number of alkyl halides is 3. The van der Waals surface area contributed by atoms with Crippen molar-refractivity contribution in [1.82, 2.24) is 34.6 Å². The van der Waals surface area contributed by atoms with Crippen LogP contribution in [0.2, 0.25) is 5.02 Å². The molecule has 0 spiro atoms. The molecule has 2 aromatic heterocycles. The van der Waals surface area contributed by atoms with Gasteiger partial charge < -0.3 is 30.1 Å². The Hall–Kier alpha value is -4.30. The summed E-state index contributed by atoms with van der Waals surface area (Å²) in [6, 6.07) is 8.01. The lowest BCUT2D eigenvalue weighted by atomic mass is 9.99.